The molecule has 1 heterocycles. The van der Waals surface area contributed by atoms with Gasteiger partial charge in [0.05, 0.1) is 29.8 Å². The molecule has 0 aliphatic carbocycles. The number of hydrazone groups is 1. The first-order valence-corrected chi connectivity index (χ1v) is 9.53. The molecule has 0 aliphatic rings. The summed E-state index contributed by atoms with van der Waals surface area (Å²) in [5.74, 6) is -0.525. The molecule has 1 aromatic heterocycles. The van der Waals surface area contributed by atoms with Crippen LogP contribution in [0, 0.1) is 11.3 Å². The molecule has 3 aromatic carbocycles. The molecule has 7 heteroatoms. The molecule has 0 radical (unpaired) electrons. The lowest BCUT2D eigenvalue weighted by Gasteiger charge is -2.10. The fraction of sp³-hybridized carbons (Fsp3) is 0.0417. The molecule has 31 heavy (non-hydrogen) atoms. The Balaban J connectivity index is 1.64. The van der Waals surface area contributed by atoms with Gasteiger partial charge in [0.2, 0.25) is 0 Å². The number of rotatable bonds is 5. The van der Waals surface area contributed by atoms with E-state index in [0.717, 1.165) is 11.1 Å². The van der Waals surface area contributed by atoms with E-state index < -0.39 is 5.91 Å². The number of nitrogens with one attached hydrogen (secondary N) is 1. The highest BCUT2D eigenvalue weighted by Crippen LogP contribution is 2.14. The number of aromatic nitrogens is 2. The summed E-state index contributed by atoms with van der Waals surface area (Å²) in [7, 11) is 0. The molecule has 0 unspecified atom stereocenters. The number of carbonyl (C=O) groups excluding carboxylic acids is 1. The average Bonchev–Trinajstić information content (AvgIpc) is 2.82. The molecule has 7 nitrogen and oxygen atoms in total. The van der Waals surface area contributed by atoms with Crippen molar-refractivity contribution >= 4 is 22.9 Å². The minimum absolute atomic E-state index is 0.114. The third-order valence-corrected chi connectivity index (χ3v) is 4.68. The standard InChI is InChI=1S/C24H17N5O2/c25-14-17-10-12-18(13-11-17)15-26-27-23(30)22-20-8-4-5-9-21(20)24(31)29(28-22)16-19-6-2-1-3-7-19/h1-13,15H,16H2,(H,27,30)/b26-15+. The van der Waals surface area contributed by atoms with E-state index in [1.165, 1.54) is 10.9 Å². The maximum absolute atomic E-state index is 12.9. The number of carbonyl (C=O) groups is 1. The number of nitrogens with zero attached hydrogens (tertiary/aromatic N) is 4. The Morgan fingerprint density at radius 3 is 2.39 bits per heavy atom. The van der Waals surface area contributed by atoms with Gasteiger partial charge in [-0.25, -0.2) is 10.1 Å². The molecule has 0 spiro atoms. The molecule has 0 saturated heterocycles. The predicted molar refractivity (Wildman–Crippen MR) is 118 cm³/mol. The number of nitriles is 1. The Kier molecular flexibility index (Phi) is 5.63. The number of amides is 1. The average molecular weight is 407 g/mol. The number of benzene rings is 3. The van der Waals surface area contributed by atoms with Gasteiger partial charge in [0.1, 0.15) is 0 Å². The van der Waals surface area contributed by atoms with Crippen molar-refractivity contribution in [3.63, 3.8) is 0 Å². The van der Waals surface area contributed by atoms with Gasteiger partial charge < -0.3 is 0 Å². The van der Waals surface area contributed by atoms with Gasteiger partial charge in [0, 0.05) is 5.39 Å². The summed E-state index contributed by atoms with van der Waals surface area (Å²) in [5, 5.41) is 18.0. The second kappa shape index (κ2) is 8.84. The van der Waals surface area contributed by atoms with Crippen molar-refractivity contribution in [3.05, 3.63) is 112 Å². The SMILES string of the molecule is N#Cc1ccc(/C=N/NC(=O)c2nn(Cc3ccccc3)c(=O)c3ccccc23)cc1. The van der Waals surface area contributed by atoms with Crippen LogP contribution in [0.5, 0.6) is 0 Å². The highest BCUT2D eigenvalue weighted by molar-refractivity contribution is 6.04. The monoisotopic (exact) mass is 407 g/mol. The van der Waals surface area contributed by atoms with Crippen LogP contribution in [-0.2, 0) is 6.54 Å². The third kappa shape index (κ3) is 4.38. The molecule has 0 aliphatic heterocycles. The van der Waals surface area contributed by atoms with Crippen LogP contribution in [0.25, 0.3) is 10.8 Å². The van der Waals surface area contributed by atoms with E-state index >= 15 is 0 Å². The molecule has 150 valence electrons. The number of hydrogen-bond donors (Lipinski definition) is 1. The first-order chi connectivity index (χ1) is 15.2. The molecule has 1 amide bonds. The third-order valence-electron chi connectivity index (χ3n) is 4.68. The molecular formula is C24H17N5O2. The van der Waals surface area contributed by atoms with Crippen molar-refractivity contribution in [1.82, 2.24) is 15.2 Å². The van der Waals surface area contributed by atoms with Gasteiger partial charge >= 0.3 is 0 Å². The predicted octanol–water partition coefficient (Wildman–Crippen LogP) is 3.08. The Hall–Kier alpha value is -4.57. The van der Waals surface area contributed by atoms with Gasteiger partial charge in [0.15, 0.2) is 5.69 Å². The van der Waals surface area contributed by atoms with Crippen LogP contribution in [-0.4, -0.2) is 21.9 Å². The van der Waals surface area contributed by atoms with Gasteiger partial charge in [0.25, 0.3) is 11.5 Å². The molecule has 0 atom stereocenters. The zero-order chi connectivity index (χ0) is 21.6. The molecule has 1 N–H and O–H groups in total. The van der Waals surface area contributed by atoms with Crippen molar-refractivity contribution in [2.75, 3.05) is 0 Å². The largest absolute Gasteiger partial charge is 0.292 e. The van der Waals surface area contributed by atoms with Crippen LogP contribution in [0.4, 0.5) is 0 Å². The van der Waals surface area contributed by atoms with Crippen LogP contribution < -0.4 is 11.0 Å². The maximum atomic E-state index is 12.9. The minimum atomic E-state index is -0.525. The summed E-state index contributed by atoms with van der Waals surface area (Å²) in [5.41, 5.74) is 4.48. The lowest BCUT2D eigenvalue weighted by Crippen LogP contribution is -2.29. The van der Waals surface area contributed by atoms with E-state index in [1.54, 1.807) is 48.5 Å². The van der Waals surface area contributed by atoms with Crippen molar-refractivity contribution in [2.45, 2.75) is 6.54 Å². The normalized spacial score (nSPS) is 10.8. The smallest absolute Gasteiger partial charge is 0.267 e. The summed E-state index contributed by atoms with van der Waals surface area (Å²) in [4.78, 5) is 25.7. The molecular weight excluding hydrogens is 390 g/mol. The van der Waals surface area contributed by atoms with Crippen molar-refractivity contribution in [1.29, 1.82) is 5.26 Å². The summed E-state index contributed by atoms with van der Waals surface area (Å²) in [6.45, 7) is 0.249. The second-order valence-corrected chi connectivity index (χ2v) is 6.78. The maximum Gasteiger partial charge on any atom is 0.292 e. The zero-order valence-corrected chi connectivity index (χ0v) is 16.4. The molecule has 0 saturated carbocycles. The molecule has 4 aromatic rings. The van der Waals surface area contributed by atoms with Crippen molar-refractivity contribution < 1.29 is 4.79 Å². The summed E-state index contributed by atoms with van der Waals surface area (Å²) in [6, 6.07) is 25.1. The molecule has 0 bridgehead atoms. The van der Waals surface area contributed by atoms with Crippen LogP contribution in [0.1, 0.15) is 27.2 Å². The zero-order valence-electron chi connectivity index (χ0n) is 16.4. The van der Waals surface area contributed by atoms with E-state index in [9.17, 15) is 9.59 Å². The van der Waals surface area contributed by atoms with E-state index in [-0.39, 0.29) is 17.8 Å². The second-order valence-electron chi connectivity index (χ2n) is 6.78. The number of hydrogen-bond acceptors (Lipinski definition) is 5. The van der Waals surface area contributed by atoms with Crippen LogP contribution in [0.3, 0.4) is 0 Å². The van der Waals surface area contributed by atoms with Crippen LogP contribution in [0.2, 0.25) is 0 Å². The minimum Gasteiger partial charge on any atom is -0.267 e. The van der Waals surface area contributed by atoms with Gasteiger partial charge in [-0.3, -0.25) is 9.59 Å². The topological polar surface area (TPSA) is 100 Å². The summed E-state index contributed by atoms with van der Waals surface area (Å²) in [6.07, 6.45) is 1.47. The molecule has 4 rings (SSSR count). The van der Waals surface area contributed by atoms with E-state index in [0.29, 0.717) is 16.3 Å². The quantitative estimate of drug-likeness (QED) is 0.406. The van der Waals surface area contributed by atoms with Gasteiger partial charge in [-0.05, 0) is 29.3 Å². The fourth-order valence-corrected chi connectivity index (χ4v) is 3.13. The lowest BCUT2D eigenvalue weighted by atomic mass is 10.1. The Morgan fingerprint density at radius 1 is 1.00 bits per heavy atom. The van der Waals surface area contributed by atoms with E-state index in [1.807, 2.05) is 36.4 Å². The first-order valence-electron chi connectivity index (χ1n) is 9.53. The van der Waals surface area contributed by atoms with Crippen LogP contribution in [0.15, 0.2) is 88.8 Å². The summed E-state index contributed by atoms with van der Waals surface area (Å²) < 4.78 is 1.29. The first kappa shape index (κ1) is 19.7. The lowest BCUT2D eigenvalue weighted by molar-refractivity contribution is 0.0949. The van der Waals surface area contributed by atoms with Gasteiger partial charge in [-0.2, -0.15) is 15.5 Å². The van der Waals surface area contributed by atoms with Gasteiger partial charge in [-0.1, -0.05) is 60.7 Å². The Labute approximate surface area is 177 Å². The highest BCUT2D eigenvalue weighted by atomic mass is 16.2. The molecule has 0 fully saturated rings. The summed E-state index contributed by atoms with van der Waals surface area (Å²) >= 11 is 0. The van der Waals surface area contributed by atoms with Crippen molar-refractivity contribution in [3.8, 4) is 6.07 Å². The fourth-order valence-electron chi connectivity index (χ4n) is 3.13. The van der Waals surface area contributed by atoms with E-state index in [2.05, 4.69) is 15.6 Å². The Morgan fingerprint density at radius 2 is 1.68 bits per heavy atom. The van der Waals surface area contributed by atoms with Gasteiger partial charge in [-0.15, -0.1) is 0 Å². The Bertz CT molecular complexity index is 1370. The highest BCUT2D eigenvalue weighted by Gasteiger charge is 2.16. The van der Waals surface area contributed by atoms with Crippen LogP contribution >= 0.6 is 0 Å². The number of fused-ring (bicyclic) bond motifs is 1. The van der Waals surface area contributed by atoms with E-state index in [4.69, 9.17) is 5.26 Å². The van der Waals surface area contributed by atoms with Crippen molar-refractivity contribution in [2.24, 2.45) is 5.10 Å².